The van der Waals surface area contributed by atoms with Crippen molar-refractivity contribution in [2.24, 2.45) is 0 Å². The normalized spacial score (nSPS) is 18.7. The van der Waals surface area contributed by atoms with Crippen molar-refractivity contribution >= 4 is 13.2 Å². The number of methoxy groups -OCH3 is 2. The van der Waals surface area contributed by atoms with Crippen molar-refractivity contribution in [3.63, 3.8) is 0 Å². The molecule has 4 atom stereocenters. The molecule has 0 spiro atoms. The molecule has 2 heterocycles. The summed E-state index contributed by atoms with van der Waals surface area (Å²) in [5, 5.41) is 3.02. The Morgan fingerprint density at radius 2 is 1.38 bits per heavy atom. The van der Waals surface area contributed by atoms with Crippen LogP contribution in [0.1, 0.15) is 34.9 Å². The van der Waals surface area contributed by atoms with Gasteiger partial charge in [-0.05, 0) is 60.0 Å². The Bertz CT molecular complexity index is 2000. The number of aromatic amines is 1. The number of benzene rings is 4. The number of para-hydroxylation sites is 1. The molecule has 0 radical (unpaired) electrons. The number of aromatic nitrogens is 2. The fourth-order valence-electron chi connectivity index (χ4n) is 6.25. The van der Waals surface area contributed by atoms with E-state index in [0.717, 1.165) is 16.7 Å². The van der Waals surface area contributed by atoms with Gasteiger partial charge in [-0.2, -0.15) is 0 Å². The summed E-state index contributed by atoms with van der Waals surface area (Å²) in [4.78, 5) is 27.5. The number of aryl methyl sites for hydroxylation is 1. The lowest BCUT2D eigenvalue weighted by Gasteiger charge is -2.37. The largest absolute Gasteiger partial charge is 0.497 e. The van der Waals surface area contributed by atoms with Gasteiger partial charge in [-0.1, -0.05) is 72.8 Å². The van der Waals surface area contributed by atoms with Crippen molar-refractivity contribution in [1.29, 1.82) is 0 Å². The first kappa shape index (κ1) is 34.9. The summed E-state index contributed by atoms with van der Waals surface area (Å²) in [6.45, 7) is 3.08. The Morgan fingerprint density at radius 3 is 1.94 bits per heavy atom. The van der Waals surface area contributed by atoms with E-state index < -0.39 is 42.8 Å². The van der Waals surface area contributed by atoms with Gasteiger partial charge in [0, 0.05) is 30.5 Å². The summed E-state index contributed by atoms with van der Waals surface area (Å²) in [6.07, 6.45) is -0.766. The Morgan fingerprint density at radius 1 is 0.840 bits per heavy atom. The molecule has 4 aromatic carbocycles. The minimum atomic E-state index is -3.46. The second kappa shape index (κ2) is 14.9. The molecule has 0 aliphatic carbocycles. The molecule has 1 aromatic heterocycles. The highest BCUT2D eigenvalue weighted by Gasteiger charge is 2.44. The minimum Gasteiger partial charge on any atom is -0.497 e. The van der Waals surface area contributed by atoms with Crippen molar-refractivity contribution in [3.8, 4) is 11.5 Å². The van der Waals surface area contributed by atoms with Crippen LogP contribution >= 0.6 is 7.52 Å². The SMILES string of the molecule is COc1ccc(C(OC[C@H]2O[C@@H](n3cc(C)c(=O)[nH]c3=O)C[C@@H]2O[P@](C)(=O)Nc2ccccc2)(c2ccccc2)c2ccc(OC)cc2)cc1. The zero-order valence-corrected chi connectivity index (χ0v) is 29.2. The number of nitrogens with zero attached hydrogens (tertiary/aromatic N) is 1. The van der Waals surface area contributed by atoms with Gasteiger partial charge in [-0.3, -0.25) is 18.9 Å². The second-order valence-corrected chi connectivity index (χ2v) is 14.3. The maximum Gasteiger partial charge on any atom is 0.330 e. The fourth-order valence-corrected chi connectivity index (χ4v) is 7.65. The predicted octanol–water partition coefficient (Wildman–Crippen LogP) is 6.48. The van der Waals surface area contributed by atoms with E-state index in [2.05, 4.69) is 10.1 Å². The first-order chi connectivity index (χ1) is 24.1. The second-order valence-electron chi connectivity index (χ2n) is 12.1. The number of rotatable bonds is 13. The van der Waals surface area contributed by atoms with Crippen LogP contribution in [0, 0.1) is 6.92 Å². The third-order valence-electron chi connectivity index (χ3n) is 8.72. The number of hydrogen-bond donors (Lipinski definition) is 2. The van der Waals surface area contributed by atoms with Crippen molar-refractivity contribution in [3.05, 3.63) is 158 Å². The molecule has 0 unspecified atom stereocenters. The Hall–Kier alpha value is -4.93. The lowest BCUT2D eigenvalue weighted by molar-refractivity contribution is -0.0913. The van der Waals surface area contributed by atoms with Crippen LogP contribution in [0.2, 0.25) is 0 Å². The monoisotopic (exact) mass is 697 g/mol. The molecule has 2 N–H and O–H groups in total. The minimum absolute atomic E-state index is 0.0312. The van der Waals surface area contributed by atoms with E-state index in [4.69, 9.17) is 23.5 Å². The maximum absolute atomic E-state index is 13.9. The van der Waals surface area contributed by atoms with Gasteiger partial charge in [-0.15, -0.1) is 0 Å². The Balaban J connectivity index is 1.41. The number of H-pyrrole nitrogens is 1. The molecular formula is C38H40N3O8P. The molecule has 1 aliphatic rings. The van der Waals surface area contributed by atoms with Crippen molar-refractivity contribution in [2.45, 2.75) is 37.4 Å². The van der Waals surface area contributed by atoms with Gasteiger partial charge < -0.3 is 28.6 Å². The van der Waals surface area contributed by atoms with E-state index in [1.54, 1.807) is 33.3 Å². The first-order valence-electron chi connectivity index (χ1n) is 16.2. The van der Waals surface area contributed by atoms with Crippen molar-refractivity contribution in [1.82, 2.24) is 9.55 Å². The highest BCUT2D eigenvalue weighted by atomic mass is 31.2. The molecule has 11 nitrogen and oxygen atoms in total. The standard InChI is InChI=1S/C38H40N3O8P/c1-26-24-41(37(43)39-36(26)42)35-23-33(49-50(4,44)40-30-13-9-6-10-14-30)34(48-35)25-47-38(27-11-7-5-8-12-27,28-15-19-31(45-2)20-16-28)29-17-21-32(46-3)22-18-29/h5-22,24,33-35H,23,25H2,1-4H3,(H,40,44)(H,39,42,43)/t33-,34+,35+,50-/m0/s1. The summed E-state index contributed by atoms with van der Waals surface area (Å²) in [5.74, 6) is 1.37. The van der Waals surface area contributed by atoms with E-state index in [0.29, 0.717) is 22.7 Å². The Labute approximate surface area is 290 Å². The van der Waals surface area contributed by atoms with Gasteiger partial charge in [0.15, 0.2) is 0 Å². The van der Waals surface area contributed by atoms with Gasteiger partial charge in [0.25, 0.3) is 13.1 Å². The quantitative estimate of drug-likeness (QED) is 0.105. The van der Waals surface area contributed by atoms with Crippen LogP contribution in [0.25, 0.3) is 0 Å². The van der Waals surface area contributed by atoms with Gasteiger partial charge in [0.05, 0.1) is 26.9 Å². The third-order valence-corrected chi connectivity index (χ3v) is 10.1. The highest BCUT2D eigenvalue weighted by Crippen LogP contribution is 2.48. The average Bonchev–Trinajstić information content (AvgIpc) is 3.52. The molecule has 0 saturated carbocycles. The zero-order chi connectivity index (χ0) is 35.3. The third kappa shape index (κ3) is 7.46. The molecule has 50 heavy (non-hydrogen) atoms. The van der Waals surface area contributed by atoms with Crippen molar-refractivity contribution in [2.75, 3.05) is 32.6 Å². The number of nitrogens with one attached hydrogen (secondary N) is 2. The van der Waals surface area contributed by atoms with E-state index in [1.807, 2.05) is 97.1 Å². The Kier molecular flexibility index (Phi) is 10.4. The van der Waals surface area contributed by atoms with Crippen LogP contribution in [-0.2, 0) is 24.2 Å². The molecule has 1 fully saturated rings. The average molecular weight is 698 g/mol. The molecule has 260 valence electrons. The van der Waals surface area contributed by atoms with E-state index in [-0.39, 0.29) is 13.0 Å². The summed E-state index contributed by atoms with van der Waals surface area (Å²) in [7, 11) is -0.238. The maximum atomic E-state index is 13.9. The summed E-state index contributed by atoms with van der Waals surface area (Å²) in [5.41, 5.74) is 1.21. The molecule has 5 aromatic rings. The van der Waals surface area contributed by atoms with Crippen LogP contribution in [0.5, 0.6) is 11.5 Å². The molecule has 6 rings (SSSR count). The van der Waals surface area contributed by atoms with Crippen molar-refractivity contribution < 1.29 is 28.0 Å². The number of hydrogen-bond acceptors (Lipinski definition) is 8. The summed E-state index contributed by atoms with van der Waals surface area (Å²) < 4.78 is 46.1. The van der Waals surface area contributed by atoms with E-state index in [9.17, 15) is 14.2 Å². The highest BCUT2D eigenvalue weighted by molar-refractivity contribution is 7.59. The van der Waals surface area contributed by atoms with Crippen LogP contribution in [-0.4, -0.2) is 49.3 Å². The van der Waals surface area contributed by atoms with E-state index in [1.165, 1.54) is 17.4 Å². The first-order valence-corrected chi connectivity index (χ1v) is 18.2. The molecule has 1 aliphatic heterocycles. The van der Waals surface area contributed by atoms with Crippen LogP contribution in [0.4, 0.5) is 5.69 Å². The molecule has 0 amide bonds. The molecular weight excluding hydrogens is 657 g/mol. The van der Waals surface area contributed by atoms with Gasteiger partial charge in [-0.25, -0.2) is 4.79 Å². The number of anilines is 1. The summed E-state index contributed by atoms with van der Waals surface area (Å²) in [6, 6.07) is 34.3. The van der Waals surface area contributed by atoms with Crippen LogP contribution in [0.15, 0.2) is 125 Å². The lowest BCUT2D eigenvalue weighted by Crippen LogP contribution is -2.38. The number of ether oxygens (including phenoxy) is 4. The predicted molar refractivity (Wildman–Crippen MR) is 191 cm³/mol. The van der Waals surface area contributed by atoms with E-state index >= 15 is 0 Å². The zero-order valence-electron chi connectivity index (χ0n) is 28.3. The lowest BCUT2D eigenvalue weighted by atomic mass is 9.80. The van der Waals surface area contributed by atoms with Gasteiger partial charge in [0.1, 0.15) is 29.4 Å². The molecule has 12 heteroatoms. The molecule has 0 bridgehead atoms. The topological polar surface area (TPSA) is 130 Å². The van der Waals surface area contributed by atoms with Crippen LogP contribution < -0.4 is 25.8 Å². The summed E-state index contributed by atoms with van der Waals surface area (Å²) >= 11 is 0. The van der Waals surface area contributed by atoms with Gasteiger partial charge in [0.2, 0.25) is 0 Å². The van der Waals surface area contributed by atoms with Gasteiger partial charge >= 0.3 is 5.69 Å². The van der Waals surface area contributed by atoms with Crippen LogP contribution in [0.3, 0.4) is 0 Å². The molecule has 1 saturated heterocycles. The smallest absolute Gasteiger partial charge is 0.330 e. The fraction of sp³-hybridized carbons (Fsp3) is 0.263.